The summed E-state index contributed by atoms with van der Waals surface area (Å²) >= 11 is 0. The van der Waals surface area contributed by atoms with Gasteiger partial charge in [0.2, 0.25) is 5.43 Å². The standard InChI is InChI=1S/C32H28FN3O5/c1-17-14-21(33)8-11-23(17)28-18(2)35-19(3)29(31(28)38)25(37)15-20-6-9-22(10-7-20)41-26-12-13-34-24-16-27(39-4)32(40-5)36-30(24)26/h6-14,16H,15H2,1-5H3,(H,35,38). The molecule has 0 fully saturated rings. The smallest absolute Gasteiger partial charge is 0.257 e. The van der Waals surface area contributed by atoms with E-state index in [1.54, 1.807) is 69.4 Å². The van der Waals surface area contributed by atoms with E-state index in [1.807, 2.05) is 0 Å². The van der Waals surface area contributed by atoms with Gasteiger partial charge in [-0.2, -0.15) is 0 Å². The van der Waals surface area contributed by atoms with Gasteiger partial charge in [0, 0.05) is 41.7 Å². The largest absolute Gasteiger partial charge is 0.491 e. The molecule has 5 aromatic rings. The molecule has 3 aromatic heterocycles. The number of fused-ring (bicyclic) bond motifs is 1. The Morgan fingerprint density at radius 3 is 2.37 bits per heavy atom. The molecule has 0 spiro atoms. The summed E-state index contributed by atoms with van der Waals surface area (Å²) in [5.74, 6) is 1.08. The highest BCUT2D eigenvalue weighted by Crippen LogP contribution is 2.34. The molecule has 0 bridgehead atoms. The molecule has 41 heavy (non-hydrogen) atoms. The Balaban J connectivity index is 1.40. The maximum absolute atomic E-state index is 13.7. The third kappa shape index (κ3) is 5.38. The second-order valence-electron chi connectivity index (χ2n) is 9.64. The number of aryl methyl sites for hydroxylation is 3. The lowest BCUT2D eigenvalue weighted by Crippen LogP contribution is -2.23. The fourth-order valence-electron chi connectivity index (χ4n) is 4.90. The minimum atomic E-state index is -0.385. The molecular formula is C32H28FN3O5. The van der Waals surface area contributed by atoms with E-state index in [0.29, 0.717) is 67.8 Å². The zero-order valence-electron chi connectivity index (χ0n) is 23.3. The number of halogens is 1. The highest BCUT2D eigenvalue weighted by Gasteiger charge is 2.21. The number of aromatic amines is 1. The fraction of sp³-hybridized carbons (Fsp3) is 0.188. The van der Waals surface area contributed by atoms with E-state index in [4.69, 9.17) is 14.2 Å². The van der Waals surface area contributed by atoms with Gasteiger partial charge in [-0.15, -0.1) is 0 Å². The first kappa shape index (κ1) is 27.5. The van der Waals surface area contributed by atoms with Crippen LogP contribution in [-0.2, 0) is 6.42 Å². The van der Waals surface area contributed by atoms with Crippen molar-refractivity contribution in [3.63, 3.8) is 0 Å². The number of nitrogens with zero attached hydrogens (tertiary/aromatic N) is 2. The molecule has 0 atom stereocenters. The van der Waals surface area contributed by atoms with E-state index < -0.39 is 0 Å². The van der Waals surface area contributed by atoms with Crippen molar-refractivity contribution in [3.05, 3.63) is 105 Å². The fourth-order valence-corrected chi connectivity index (χ4v) is 4.90. The Morgan fingerprint density at radius 1 is 0.927 bits per heavy atom. The van der Waals surface area contributed by atoms with Crippen molar-refractivity contribution in [2.45, 2.75) is 27.2 Å². The first-order chi connectivity index (χ1) is 19.7. The number of carbonyl (C=O) groups is 1. The maximum atomic E-state index is 13.7. The summed E-state index contributed by atoms with van der Waals surface area (Å²) in [4.78, 5) is 38.9. The predicted molar refractivity (Wildman–Crippen MR) is 154 cm³/mol. The number of rotatable bonds is 8. The van der Waals surface area contributed by atoms with E-state index in [1.165, 1.54) is 26.4 Å². The number of pyridine rings is 3. The van der Waals surface area contributed by atoms with Gasteiger partial charge in [-0.05, 0) is 61.7 Å². The van der Waals surface area contributed by atoms with Crippen molar-refractivity contribution < 1.29 is 23.4 Å². The molecule has 8 nitrogen and oxygen atoms in total. The Labute approximate surface area is 235 Å². The lowest BCUT2D eigenvalue weighted by atomic mass is 9.93. The number of Topliss-reactive ketones (excluding diaryl/α,β-unsaturated/α-hetero) is 1. The van der Waals surface area contributed by atoms with Crippen LogP contribution in [-0.4, -0.2) is 35.0 Å². The number of methoxy groups -OCH3 is 2. The molecule has 9 heteroatoms. The lowest BCUT2D eigenvalue weighted by molar-refractivity contribution is 0.0991. The Bertz CT molecular complexity index is 1850. The SMILES string of the molecule is COc1cc2nccc(Oc3ccc(CC(=O)c4c(C)[nH]c(C)c(-c5ccc(F)cc5C)c4=O)cc3)c2nc1OC. The molecule has 5 rings (SSSR count). The molecule has 0 radical (unpaired) electrons. The summed E-state index contributed by atoms with van der Waals surface area (Å²) in [5, 5.41) is 0. The number of hydrogen-bond acceptors (Lipinski definition) is 7. The van der Waals surface area contributed by atoms with Crippen molar-refractivity contribution in [1.82, 2.24) is 15.0 Å². The topological polar surface area (TPSA) is 103 Å². The quantitative estimate of drug-likeness (QED) is 0.225. The molecule has 0 aliphatic carbocycles. The van der Waals surface area contributed by atoms with E-state index in [-0.39, 0.29) is 29.0 Å². The zero-order chi connectivity index (χ0) is 29.3. The van der Waals surface area contributed by atoms with Gasteiger partial charge in [0.05, 0.1) is 25.3 Å². The Kier molecular flexibility index (Phi) is 7.52. The van der Waals surface area contributed by atoms with Crippen molar-refractivity contribution in [2.75, 3.05) is 14.2 Å². The molecule has 0 aliphatic heterocycles. The predicted octanol–water partition coefficient (Wildman–Crippen LogP) is 6.28. The van der Waals surface area contributed by atoms with Crippen LogP contribution in [0.3, 0.4) is 0 Å². The number of H-pyrrole nitrogens is 1. The Hall–Kier alpha value is -5.05. The summed E-state index contributed by atoms with van der Waals surface area (Å²) in [6.07, 6.45) is 1.63. The molecule has 2 aromatic carbocycles. The Morgan fingerprint density at radius 2 is 1.68 bits per heavy atom. The van der Waals surface area contributed by atoms with Gasteiger partial charge in [0.25, 0.3) is 5.88 Å². The van der Waals surface area contributed by atoms with Crippen LogP contribution in [0, 0.1) is 26.6 Å². The number of aromatic nitrogens is 3. The minimum Gasteiger partial charge on any atom is -0.491 e. The number of carbonyl (C=O) groups excluding carboxylic acids is 1. The van der Waals surface area contributed by atoms with E-state index >= 15 is 0 Å². The summed E-state index contributed by atoms with van der Waals surface area (Å²) < 4.78 is 30.4. The number of ether oxygens (including phenoxy) is 3. The molecular weight excluding hydrogens is 525 g/mol. The van der Waals surface area contributed by atoms with Crippen molar-refractivity contribution in [1.29, 1.82) is 0 Å². The molecule has 0 amide bonds. The highest BCUT2D eigenvalue weighted by atomic mass is 19.1. The first-order valence-electron chi connectivity index (χ1n) is 12.9. The molecule has 0 saturated carbocycles. The van der Waals surface area contributed by atoms with Gasteiger partial charge in [0.15, 0.2) is 17.3 Å². The molecule has 3 heterocycles. The van der Waals surface area contributed by atoms with Gasteiger partial charge in [-0.25, -0.2) is 9.37 Å². The van der Waals surface area contributed by atoms with Crippen molar-refractivity contribution in [2.24, 2.45) is 0 Å². The van der Waals surface area contributed by atoms with E-state index in [0.717, 1.165) is 0 Å². The van der Waals surface area contributed by atoms with Crippen LogP contribution in [0.4, 0.5) is 4.39 Å². The van der Waals surface area contributed by atoms with E-state index in [9.17, 15) is 14.0 Å². The van der Waals surface area contributed by atoms with Crippen molar-refractivity contribution >= 4 is 16.8 Å². The van der Waals surface area contributed by atoms with Crippen LogP contribution in [0.5, 0.6) is 23.1 Å². The summed E-state index contributed by atoms with van der Waals surface area (Å²) in [6, 6.07) is 14.7. The molecule has 208 valence electrons. The molecule has 0 unspecified atom stereocenters. The number of hydrogen-bond donors (Lipinski definition) is 1. The summed E-state index contributed by atoms with van der Waals surface area (Å²) in [6.45, 7) is 5.21. The monoisotopic (exact) mass is 553 g/mol. The van der Waals surface area contributed by atoms with Gasteiger partial charge < -0.3 is 19.2 Å². The molecule has 1 N–H and O–H groups in total. The first-order valence-corrected chi connectivity index (χ1v) is 12.9. The van der Waals surface area contributed by atoms with Crippen molar-refractivity contribution in [3.8, 4) is 34.3 Å². The maximum Gasteiger partial charge on any atom is 0.257 e. The summed E-state index contributed by atoms with van der Waals surface area (Å²) in [5.41, 5.74) is 4.21. The highest BCUT2D eigenvalue weighted by molar-refractivity contribution is 5.99. The van der Waals surface area contributed by atoms with Crippen LogP contribution in [0.1, 0.15) is 32.9 Å². The van der Waals surface area contributed by atoms with Crippen LogP contribution in [0.25, 0.3) is 22.2 Å². The zero-order valence-corrected chi connectivity index (χ0v) is 23.3. The molecule has 0 saturated heterocycles. The number of nitrogens with one attached hydrogen (secondary N) is 1. The van der Waals surface area contributed by atoms with Crippen LogP contribution in [0.2, 0.25) is 0 Å². The average Bonchev–Trinajstić information content (AvgIpc) is 2.94. The minimum absolute atomic E-state index is 0.0197. The third-order valence-electron chi connectivity index (χ3n) is 6.85. The third-order valence-corrected chi connectivity index (χ3v) is 6.85. The van der Waals surface area contributed by atoms with Gasteiger partial charge >= 0.3 is 0 Å². The molecule has 0 aliphatic rings. The van der Waals surface area contributed by atoms with Gasteiger partial charge in [-0.1, -0.05) is 18.2 Å². The number of benzene rings is 2. The number of ketones is 1. The summed E-state index contributed by atoms with van der Waals surface area (Å²) in [7, 11) is 3.03. The average molecular weight is 554 g/mol. The normalized spacial score (nSPS) is 11.0. The van der Waals surface area contributed by atoms with E-state index in [2.05, 4.69) is 15.0 Å². The van der Waals surface area contributed by atoms with Gasteiger partial charge in [-0.3, -0.25) is 14.6 Å². The second kappa shape index (κ2) is 11.2. The lowest BCUT2D eigenvalue weighted by Gasteiger charge is -2.14. The van der Waals surface area contributed by atoms with Crippen LogP contribution < -0.4 is 19.6 Å². The van der Waals surface area contributed by atoms with Crippen LogP contribution >= 0.6 is 0 Å². The van der Waals surface area contributed by atoms with Gasteiger partial charge in [0.1, 0.15) is 17.1 Å². The second-order valence-corrected chi connectivity index (χ2v) is 9.64. The van der Waals surface area contributed by atoms with Crippen LogP contribution in [0.15, 0.2) is 65.6 Å².